The number of ether oxygens (including phenoxy) is 1. The van der Waals surface area contributed by atoms with Gasteiger partial charge in [-0.1, -0.05) is 255 Å². The van der Waals surface area contributed by atoms with Crippen molar-refractivity contribution in [2.24, 2.45) is 5.41 Å². The van der Waals surface area contributed by atoms with Crippen molar-refractivity contribution in [2.45, 2.75) is 191 Å². The molecule has 0 N–H and O–H groups in total. The summed E-state index contributed by atoms with van der Waals surface area (Å²) in [6, 6.07) is 64.9. The molecule has 9 aromatic carbocycles. The zero-order valence-corrected chi connectivity index (χ0v) is 61.9. The molecule has 1 aliphatic rings. The van der Waals surface area contributed by atoms with E-state index in [-0.39, 0.29) is 38.7 Å². The lowest BCUT2D eigenvalue weighted by Gasteiger charge is -2.40. The number of aromatic nitrogens is 2. The number of anilines is 4. The highest BCUT2D eigenvalue weighted by Crippen LogP contribution is 2.54. The molecular formula is C90H100N4OS. The van der Waals surface area contributed by atoms with Gasteiger partial charge in [-0.2, -0.15) is 0 Å². The number of hydrogen-bond donors (Lipinski definition) is 0. The molecule has 5 nitrogen and oxygen atoms in total. The fourth-order valence-electron chi connectivity index (χ4n) is 14.2. The van der Waals surface area contributed by atoms with Crippen LogP contribution in [-0.2, 0) is 27.1 Å². The Morgan fingerprint density at radius 1 is 0.490 bits per heavy atom. The van der Waals surface area contributed by atoms with Crippen molar-refractivity contribution in [3.8, 4) is 50.7 Å². The summed E-state index contributed by atoms with van der Waals surface area (Å²) in [5.41, 5.74) is 20.4. The molecule has 1 aliphatic heterocycles. The van der Waals surface area contributed by atoms with E-state index in [1.807, 2.05) is 52.0 Å². The Morgan fingerprint density at radius 3 is 1.57 bits per heavy atom. The van der Waals surface area contributed by atoms with E-state index in [0.717, 1.165) is 89.1 Å². The molecule has 0 aliphatic carbocycles. The normalized spacial score (nSPS) is 14.3. The molecule has 0 spiro atoms. The molecule has 0 fully saturated rings. The first-order chi connectivity index (χ1) is 46.1. The first-order valence-electron chi connectivity index (χ1n) is 36.0. The molecule has 12 aromatic rings. The lowest BCUT2D eigenvalue weighted by Crippen LogP contribution is -2.34. The maximum atomic E-state index is 9.78. The molecule has 6 heteroatoms. The Kier molecular flexibility index (Phi) is 15.4. The molecule has 492 valence electrons. The zero-order valence-electron chi connectivity index (χ0n) is 64.1. The molecular weight excluding hydrogens is 1190 g/mol. The third-order valence-electron chi connectivity index (χ3n) is 20.9. The van der Waals surface area contributed by atoms with Crippen LogP contribution in [0.4, 0.5) is 22.7 Å². The SMILES string of the molecule is [2H]c1nc(-n2c3cc(Oc4cc(-c5c(C([2H])(C)C)cccc5C([2H])(C)C)cc(N5CN(c6c(-c7cc(C(C)(C)C)cc(C(C)(C)C)c7)cccc6-c6cc(C(C)(C)C)cc(C(C)(C)C)c6)c6ccccc65)c4)ccc3c3c4sc5ccccc5c4ccc32)cc(C(C)(C)C(C)(C)C)c1C. The lowest BCUT2D eigenvalue weighted by molar-refractivity contribution is 0.224. The van der Waals surface area contributed by atoms with Crippen LogP contribution in [0.3, 0.4) is 0 Å². The Hall–Kier alpha value is -8.45. The number of pyridine rings is 1. The Bertz CT molecular complexity index is 5020. The third-order valence-corrected chi connectivity index (χ3v) is 22.1. The molecule has 3 aromatic heterocycles. The molecule has 0 atom stereocenters. The lowest BCUT2D eigenvalue weighted by atomic mass is 9.64. The van der Waals surface area contributed by atoms with Gasteiger partial charge in [-0.15, -0.1) is 11.3 Å². The number of benzene rings is 9. The summed E-state index contributed by atoms with van der Waals surface area (Å²) in [5.74, 6) is -0.120. The van der Waals surface area contributed by atoms with E-state index >= 15 is 0 Å². The van der Waals surface area contributed by atoms with Crippen molar-refractivity contribution < 1.29 is 8.85 Å². The highest BCUT2D eigenvalue weighted by atomic mass is 32.1. The highest BCUT2D eigenvalue weighted by molar-refractivity contribution is 7.26. The average molecular weight is 1290 g/mol. The van der Waals surface area contributed by atoms with Crippen molar-refractivity contribution in [3.63, 3.8) is 0 Å². The standard InChI is InChI=1S/C90H100N4OS/c1-54(2)67-30-27-31-68(55(3)4)81(67)59-45-64(49-66(46-59)95-65-37-38-73-78(50-65)94(80-51-74(56(5)52-91-80)90(21,22)89(18,19)20)77-40-39-72-71-29-23-26-36-79(71)96-84(72)82(73)77)92-53-93(76-35-25-24-34-75(76)92)83-69(57-41-60(85(6,7)8)47-61(42-57)86(9,10)11)32-28-33-70(83)58-43-62(87(12,13)14)48-63(44-58)88(15,16)17/h23-52,54-55H,53H2,1-22H3/i52D,54D,55D. The van der Waals surface area contributed by atoms with Gasteiger partial charge < -0.3 is 14.5 Å². The maximum Gasteiger partial charge on any atom is 0.137 e. The van der Waals surface area contributed by atoms with E-state index < -0.39 is 11.8 Å². The van der Waals surface area contributed by atoms with Crippen LogP contribution in [0.2, 0.25) is 0 Å². The molecule has 0 amide bonds. The molecule has 0 saturated carbocycles. The summed E-state index contributed by atoms with van der Waals surface area (Å²) >= 11 is 1.82. The van der Waals surface area contributed by atoms with Crippen molar-refractivity contribution >= 4 is 76.1 Å². The van der Waals surface area contributed by atoms with Crippen molar-refractivity contribution in [1.82, 2.24) is 9.55 Å². The van der Waals surface area contributed by atoms with E-state index in [4.69, 9.17) is 9.72 Å². The number of para-hydroxylation sites is 3. The van der Waals surface area contributed by atoms with Gasteiger partial charge in [0.1, 0.15) is 24.0 Å². The quantitative estimate of drug-likeness (QED) is 0.129. The topological polar surface area (TPSA) is 33.5 Å². The van der Waals surface area contributed by atoms with Crippen LogP contribution in [-0.4, -0.2) is 16.2 Å². The van der Waals surface area contributed by atoms with Gasteiger partial charge in [0.05, 0.1) is 29.5 Å². The fourth-order valence-corrected chi connectivity index (χ4v) is 15.5. The van der Waals surface area contributed by atoms with E-state index in [1.54, 1.807) is 0 Å². The summed E-state index contributed by atoms with van der Waals surface area (Å²) in [6.07, 6.45) is 0.261. The number of rotatable bonds is 11. The first kappa shape index (κ1) is 62.4. The van der Waals surface area contributed by atoms with Crippen LogP contribution in [0.25, 0.3) is 81.2 Å². The van der Waals surface area contributed by atoms with Gasteiger partial charge in [-0.3, -0.25) is 4.57 Å². The van der Waals surface area contributed by atoms with Crippen molar-refractivity contribution in [3.05, 3.63) is 227 Å². The summed E-state index contributed by atoms with van der Waals surface area (Å²) < 4.78 is 41.3. The number of nitrogens with zero attached hydrogens (tertiary/aromatic N) is 4. The monoisotopic (exact) mass is 1290 g/mol. The van der Waals surface area contributed by atoms with Gasteiger partial charge in [-0.05, 0) is 173 Å². The van der Waals surface area contributed by atoms with E-state index in [9.17, 15) is 4.11 Å². The number of fused-ring (bicyclic) bond motifs is 8. The van der Waals surface area contributed by atoms with Crippen LogP contribution in [0.15, 0.2) is 182 Å². The third kappa shape index (κ3) is 11.8. The van der Waals surface area contributed by atoms with Gasteiger partial charge >= 0.3 is 0 Å². The molecule has 0 radical (unpaired) electrons. The Labute approximate surface area is 581 Å². The predicted molar refractivity (Wildman–Crippen MR) is 417 cm³/mol. The van der Waals surface area contributed by atoms with Crippen LogP contribution in [0.5, 0.6) is 11.5 Å². The zero-order chi connectivity index (χ0) is 71.4. The molecule has 4 heterocycles. The van der Waals surface area contributed by atoms with Gasteiger partial charge in [0.15, 0.2) is 0 Å². The maximum absolute atomic E-state index is 9.78. The summed E-state index contributed by atoms with van der Waals surface area (Å²) in [6.45, 7) is 49.6. The minimum atomic E-state index is -1.03. The van der Waals surface area contributed by atoms with Crippen LogP contribution in [0, 0.1) is 12.3 Å². The largest absolute Gasteiger partial charge is 0.457 e. The second kappa shape index (κ2) is 23.7. The Morgan fingerprint density at radius 2 is 1.02 bits per heavy atom. The van der Waals surface area contributed by atoms with E-state index in [0.29, 0.717) is 24.0 Å². The fraction of sp³-hybridized carbons (Fsp3) is 0.344. The molecule has 13 rings (SSSR count). The van der Waals surface area contributed by atoms with Crippen LogP contribution in [0.1, 0.15) is 206 Å². The predicted octanol–water partition coefficient (Wildman–Crippen LogP) is 26.7. The van der Waals surface area contributed by atoms with Gasteiger partial charge in [0.2, 0.25) is 0 Å². The minimum Gasteiger partial charge on any atom is -0.457 e. The van der Waals surface area contributed by atoms with Crippen molar-refractivity contribution in [1.29, 1.82) is 0 Å². The van der Waals surface area contributed by atoms with Crippen LogP contribution < -0.4 is 14.5 Å². The molecule has 0 saturated heterocycles. The van der Waals surface area contributed by atoms with Crippen LogP contribution >= 0.6 is 11.3 Å². The summed E-state index contributed by atoms with van der Waals surface area (Å²) in [4.78, 5) is 10.1. The van der Waals surface area contributed by atoms with Gasteiger partial charge in [0.25, 0.3) is 0 Å². The summed E-state index contributed by atoms with van der Waals surface area (Å²) in [5, 5.41) is 4.65. The van der Waals surface area contributed by atoms with E-state index in [2.05, 4.69) is 302 Å². The Balaban J connectivity index is 1.06. The number of hydrogen-bond acceptors (Lipinski definition) is 5. The van der Waals surface area contributed by atoms with Gasteiger partial charge in [0, 0.05) is 68.8 Å². The number of thiophene rings is 1. The smallest absolute Gasteiger partial charge is 0.137 e. The molecule has 0 bridgehead atoms. The van der Waals surface area contributed by atoms with Crippen molar-refractivity contribution in [2.75, 3.05) is 16.5 Å². The summed E-state index contributed by atoms with van der Waals surface area (Å²) in [7, 11) is 0. The highest BCUT2D eigenvalue weighted by Gasteiger charge is 2.38. The first-order valence-corrected chi connectivity index (χ1v) is 35.3. The molecule has 0 unspecified atom stereocenters. The second-order valence-electron chi connectivity index (χ2n) is 33.4. The second-order valence-corrected chi connectivity index (χ2v) is 34.5. The molecule has 96 heavy (non-hydrogen) atoms. The minimum absolute atomic E-state index is 0.115. The average Bonchev–Trinajstić information content (AvgIpc) is 1.55. The van der Waals surface area contributed by atoms with Gasteiger partial charge in [-0.25, -0.2) is 4.98 Å². The van der Waals surface area contributed by atoms with E-state index in [1.165, 1.54) is 53.6 Å².